The van der Waals surface area contributed by atoms with E-state index in [4.69, 9.17) is 0 Å². The average Bonchev–Trinajstić information content (AvgIpc) is 3.38. The summed E-state index contributed by atoms with van der Waals surface area (Å²) in [5.41, 5.74) is 4.71. The fourth-order valence-corrected chi connectivity index (χ4v) is 3.89. The van der Waals surface area contributed by atoms with Gasteiger partial charge >= 0.3 is 6.03 Å². The number of hydrogen-bond donors (Lipinski definition) is 2. The van der Waals surface area contributed by atoms with Crippen molar-refractivity contribution in [2.24, 2.45) is 0 Å². The molecule has 2 aliphatic rings. The first kappa shape index (κ1) is 18.3. The summed E-state index contributed by atoms with van der Waals surface area (Å²) >= 11 is 0. The number of carbonyl (C=O) groups excluding carboxylic acids is 2. The lowest BCUT2D eigenvalue weighted by atomic mass is 10.1. The number of amides is 3. The summed E-state index contributed by atoms with van der Waals surface area (Å²) < 4.78 is 0. The molecule has 0 bridgehead atoms. The van der Waals surface area contributed by atoms with Crippen LogP contribution in [0.3, 0.4) is 0 Å². The summed E-state index contributed by atoms with van der Waals surface area (Å²) in [6.07, 6.45) is 2.52. The molecule has 28 heavy (non-hydrogen) atoms. The van der Waals surface area contributed by atoms with E-state index in [0.717, 1.165) is 29.9 Å². The fourth-order valence-electron chi connectivity index (χ4n) is 3.89. The van der Waals surface area contributed by atoms with Crippen molar-refractivity contribution in [1.29, 1.82) is 0 Å². The molecule has 0 atom stereocenters. The van der Waals surface area contributed by atoms with Crippen molar-refractivity contribution >= 4 is 23.3 Å². The maximum absolute atomic E-state index is 12.5. The summed E-state index contributed by atoms with van der Waals surface area (Å²) in [6.45, 7) is 5.98. The van der Waals surface area contributed by atoms with Crippen LogP contribution in [-0.4, -0.2) is 38.1 Å². The zero-order valence-electron chi connectivity index (χ0n) is 16.2. The summed E-state index contributed by atoms with van der Waals surface area (Å²) in [5, 5.41) is 5.78. The minimum absolute atomic E-state index is 0.0855. The van der Waals surface area contributed by atoms with Crippen LogP contribution in [0.1, 0.15) is 34.3 Å². The Morgan fingerprint density at radius 1 is 1.07 bits per heavy atom. The smallest absolute Gasteiger partial charge is 0.322 e. The van der Waals surface area contributed by atoms with Crippen molar-refractivity contribution in [2.75, 3.05) is 36.0 Å². The first-order chi connectivity index (χ1) is 13.6. The highest BCUT2D eigenvalue weighted by Gasteiger charge is 2.23. The zero-order valence-corrected chi connectivity index (χ0v) is 16.2. The van der Waals surface area contributed by atoms with Gasteiger partial charge < -0.3 is 15.5 Å². The molecule has 2 heterocycles. The standard InChI is InChI=1S/C22H26N4O2/c1-16-14-18(6-9-20(16)26-13-10-23-22(26)28)21(27)24-15-17-4-7-19(8-5-17)25-11-2-3-12-25/h4-9,14H,2-3,10-13,15H2,1H3,(H,23,28)(H,24,27). The molecule has 2 aromatic carbocycles. The molecule has 2 fully saturated rings. The van der Waals surface area contributed by atoms with Gasteiger partial charge in [-0.2, -0.15) is 0 Å². The molecule has 6 heteroatoms. The van der Waals surface area contributed by atoms with Crippen molar-refractivity contribution in [3.8, 4) is 0 Å². The Hall–Kier alpha value is -3.02. The van der Waals surface area contributed by atoms with E-state index in [1.807, 2.05) is 19.1 Å². The third-order valence-corrected chi connectivity index (χ3v) is 5.47. The second-order valence-corrected chi connectivity index (χ2v) is 7.43. The second-order valence-electron chi connectivity index (χ2n) is 7.43. The largest absolute Gasteiger partial charge is 0.372 e. The highest BCUT2D eigenvalue weighted by atomic mass is 16.2. The summed E-state index contributed by atoms with van der Waals surface area (Å²) in [6, 6.07) is 13.8. The highest BCUT2D eigenvalue weighted by molar-refractivity contribution is 5.97. The van der Waals surface area contributed by atoms with Crippen LogP contribution in [0.4, 0.5) is 16.2 Å². The van der Waals surface area contributed by atoms with Gasteiger partial charge in [-0.25, -0.2) is 4.79 Å². The maximum Gasteiger partial charge on any atom is 0.322 e. The molecule has 4 rings (SSSR count). The van der Waals surface area contributed by atoms with E-state index in [1.165, 1.54) is 18.5 Å². The van der Waals surface area contributed by atoms with Gasteiger partial charge in [-0.15, -0.1) is 0 Å². The van der Waals surface area contributed by atoms with Gasteiger partial charge in [-0.1, -0.05) is 12.1 Å². The van der Waals surface area contributed by atoms with Crippen molar-refractivity contribution in [3.05, 3.63) is 59.2 Å². The lowest BCUT2D eigenvalue weighted by Crippen LogP contribution is -2.28. The Labute approximate surface area is 165 Å². The number of urea groups is 1. The zero-order chi connectivity index (χ0) is 19.5. The number of benzene rings is 2. The minimum Gasteiger partial charge on any atom is -0.372 e. The Kier molecular flexibility index (Phi) is 5.19. The fraction of sp³-hybridized carbons (Fsp3) is 0.364. The Morgan fingerprint density at radius 3 is 2.46 bits per heavy atom. The number of nitrogens with zero attached hydrogens (tertiary/aromatic N) is 2. The van der Waals surface area contributed by atoms with E-state index >= 15 is 0 Å². The monoisotopic (exact) mass is 378 g/mol. The highest BCUT2D eigenvalue weighted by Crippen LogP contribution is 2.23. The molecule has 2 aromatic rings. The molecule has 6 nitrogen and oxygen atoms in total. The number of anilines is 2. The van der Waals surface area contributed by atoms with Crippen LogP contribution >= 0.6 is 0 Å². The molecule has 0 aliphatic carbocycles. The lowest BCUT2D eigenvalue weighted by Gasteiger charge is -2.18. The number of carbonyl (C=O) groups is 2. The second kappa shape index (κ2) is 7.92. The molecule has 0 spiro atoms. The van der Waals surface area contributed by atoms with Gasteiger partial charge in [0.25, 0.3) is 5.91 Å². The molecular formula is C22H26N4O2. The van der Waals surface area contributed by atoms with E-state index < -0.39 is 0 Å². The molecule has 0 saturated carbocycles. The van der Waals surface area contributed by atoms with Gasteiger partial charge in [-0.05, 0) is 61.2 Å². The van der Waals surface area contributed by atoms with Crippen molar-refractivity contribution < 1.29 is 9.59 Å². The minimum atomic E-state index is -0.107. The molecule has 146 valence electrons. The van der Waals surface area contributed by atoms with Crippen LogP contribution in [0.15, 0.2) is 42.5 Å². The van der Waals surface area contributed by atoms with Crippen LogP contribution in [0.2, 0.25) is 0 Å². The molecular weight excluding hydrogens is 352 g/mol. The van der Waals surface area contributed by atoms with E-state index in [-0.39, 0.29) is 11.9 Å². The van der Waals surface area contributed by atoms with Crippen molar-refractivity contribution in [1.82, 2.24) is 10.6 Å². The summed E-state index contributed by atoms with van der Waals surface area (Å²) in [4.78, 5) is 28.5. The average molecular weight is 378 g/mol. The Morgan fingerprint density at radius 2 is 1.82 bits per heavy atom. The quantitative estimate of drug-likeness (QED) is 0.840. The molecule has 2 saturated heterocycles. The van der Waals surface area contributed by atoms with Gasteiger partial charge in [0.15, 0.2) is 0 Å². The van der Waals surface area contributed by atoms with Crippen LogP contribution in [0, 0.1) is 6.92 Å². The molecule has 0 unspecified atom stereocenters. The van der Waals surface area contributed by atoms with E-state index in [0.29, 0.717) is 25.2 Å². The topological polar surface area (TPSA) is 64.7 Å². The third-order valence-electron chi connectivity index (χ3n) is 5.47. The lowest BCUT2D eigenvalue weighted by molar-refractivity contribution is 0.0951. The third kappa shape index (κ3) is 3.81. The van der Waals surface area contributed by atoms with Crippen LogP contribution in [0.5, 0.6) is 0 Å². The molecule has 2 aliphatic heterocycles. The predicted octanol–water partition coefficient (Wildman–Crippen LogP) is 3.05. The van der Waals surface area contributed by atoms with Gasteiger partial charge in [0.05, 0.1) is 0 Å². The van der Waals surface area contributed by atoms with Crippen LogP contribution in [-0.2, 0) is 6.54 Å². The normalized spacial score (nSPS) is 16.4. The first-order valence-corrected chi connectivity index (χ1v) is 9.90. The molecule has 2 N–H and O–H groups in total. The predicted molar refractivity (Wildman–Crippen MR) is 111 cm³/mol. The Bertz CT molecular complexity index is 873. The first-order valence-electron chi connectivity index (χ1n) is 9.90. The maximum atomic E-state index is 12.5. The van der Waals surface area contributed by atoms with Crippen molar-refractivity contribution in [3.63, 3.8) is 0 Å². The molecule has 0 aromatic heterocycles. The van der Waals surface area contributed by atoms with Gasteiger partial charge in [0.2, 0.25) is 0 Å². The number of nitrogens with one attached hydrogen (secondary N) is 2. The molecule has 0 radical (unpaired) electrons. The van der Waals surface area contributed by atoms with E-state index in [2.05, 4.69) is 39.8 Å². The number of hydrogen-bond acceptors (Lipinski definition) is 3. The Balaban J connectivity index is 1.37. The number of rotatable bonds is 5. The summed E-state index contributed by atoms with van der Waals surface area (Å²) in [5.74, 6) is -0.107. The van der Waals surface area contributed by atoms with Crippen molar-refractivity contribution in [2.45, 2.75) is 26.3 Å². The van der Waals surface area contributed by atoms with Crippen LogP contribution < -0.4 is 20.4 Å². The summed E-state index contributed by atoms with van der Waals surface area (Å²) in [7, 11) is 0. The number of aryl methyl sites for hydroxylation is 1. The van der Waals surface area contributed by atoms with Gasteiger partial charge in [0, 0.05) is 49.7 Å². The SMILES string of the molecule is Cc1cc(C(=O)NCc2ccc(N3CCCC3)cc2)ccc1N1CCNC1=O. The van der Waals surface area contributed by atoms with E-state index in [9.17, 15) is 9.59 Å². The van der Waals surface area contributed by atoms with Crippen LogP contribution in [0.25, 0.3) is 0 Å². The van der Waals surface area contributed by atoms with E-state index in [1.54, 1.807) is 11.0 Å². The van der Waals surface area contributed by atoms with Gasteiger partial charge in [0.1, 0.15) is 0 Å². The molecule has 3 amide bonds. The van der Waals surface area contributed by atoms with Gasteiger partial charge in [-0.3, -0.25) is 9.69 Å².